The van der Waals surface area contributed by atoms with Crippen LogP contribution in [0.15, 0.2) is 54.6 Å². The second kappa shape index (κ2) is 7.64. The van der Waals surface area contributed by atoms with Gasteiger partial charge in [0.05, 0.1) is 46.2 Å². The number of methoxy groups -OCH3 is 4. The molecule has 0 spiro atoms. The SMILES string of the molecule is COc1cc2cc3c4c(cc(OC)c(OC)c4c2cc1OC)C(=O)N3Cc1ccccc1. The Hall–Kier alpha value is -3.93. The third-order valence-electron chi connectivity index (χ3n) is 5.99. The lowest BCUT2D eigenvalue weighted by Crippen LogP contribution is -2.26. The highest BCUT2D eigenvalue weighted by atomic mass is 16.5. The molecule has 0 aliphatic carbocycles. The fourth-order valence-corrected chi connectivity index (χ4v) is 4.53. The summed E-state index contributed by atoms with van der Waals surface area (Å²) in [6.45, 7) is 0.465. The molecule has 4 aromatic carbocycles. The van der Waals surface area contributed by atoms with E-state index in [4.69, 9.17) is 18.9 Å². The normalized spacial score (nSPS) is 12.5. The van der Waals surface area contributed by atoms with E-state index < -0.39 is 0 Å². The van der Waals surface area contributed by atoms with Crippen molar-refractivity contribution >= 4 is 33.1 Å². The maximum atomic E-state index is 13.6. The molecule has 0 N–H and O–H groups in total. The maximum absolute atomic E-state index is 13.6. The monoisotopic (exact) mass is 429 g/mol. The van der Waals surface area contributed by atoms with E-state index >= 15 is 0 Å². The molecular weight excluding hydrogens is 406 g/mol. The smallest absolute Gasteiger partial charge is 0.259 e. The van der Waals surface area contributed by atoms with E-state index in [2.05, 4.69) is 0 Å². The lowest BCUT2D eigenvalue weighted by Gasteiger charge is -2.19. The van der Waals surface area contributed by atoms with E-state index in [1.807, 2.05) is 53.4 Å². The van der Waals surface area contributed by atoms with Crippen molar-refractivity contribution in [3.05, 3.63) is 65.7 Å². The molecule has 1 amide bonds. The highest BCUT2D eigenvalue weighted by Crippen LogP contribution is 2.51. The number of anilines is 1. The van der Waals surface area contributed by atoms with Crippen LogP contribution in [0.2, 0.25) is 0 Å². The van der Waals surface area contributed by atoms with Crippen molar-refractivity contribution in [2.24, 2.45) is 0 Å². The van der Waals surface area contributed by atoms with Gasteiger partial charge in [-0.2, -0.15) is 0 Å². The summed E-state index contributed by atoms with van der Waals surface area (Å²) in [6.07, 6.45) is 0. The zero-order valence-corrected chi connectivity index (χ0v) is 18.4. The minimum absolute atomic E-state index is 0.0657. The van der Waals surface area contributed by atoms with Crippen LogP contribution in [0.25, 0.3) is 21.5 Å². The van der Waals surface area contributed by atoms with Crippen molar-refractivity contribution in [2.75, 3.05) is 33.3 Å². The number of benzene rings is 4. The fourth-order valence-electron chi connectivity index (χ4n) is 4.53. The molecule has 1 heterocycles. The Balaban J connectivity index is 1.87. The van der Waals surface area contributed by atoms with Gasteiger partial charge in [-0.15, -0.1) is 0 Å². The molecule has 6 nitrogen and oxygen atoms in total. The number of nitrogens with zero attached hydrogens (tertiary/aromatic N) is 1. The van der Waals surface area contributed by atoms with E-state index in [0.717, 1.165) is 32.8 Å². The number of carbonyl (C=O) groups is 1. The first-order valence-electron chi connectivity index (χ1n) is 10.2. The quantitative estimate of drug-likeness (QED) is 0.395. The summed E-state index contributed by atoms with van der Waals surface area (Å²) in [7, 11) is 6.40. The number of carbonyl (C=O) groups excluding carboxylic acids is 1. The average Bonchev–Trinajstić information content (AvgIpc) is 3.09. The number of hydrogen-bond donors (Lipinski definition) is 0. The van der Waals surface area contributed by atoms with Crippen molar-refractivity contribution in [2.45, 2.75) is 6.54 Å². The molecule has 0 fully saturated rings. The Kier molecular flexibility index (Phi) is 4.78. The van der Waals surface area contributed by atoms with Gasteiger partial charge in [0, 0.05) is 10.8 Å². The minimum atomic E-state index is -0.0657. The maximum Gasteiger partial charge on any atom is 0.259 e. The van der Waals surface area contributed by atoms with Gasteiger partial charge in [-0.3, -0.25) is 4.79 Å². The van der Waals surface area contributed by atoms with Gasteiger partial charge in [0.2, 0.25) is 0 Å². The van der Waals surface area contributed by atoms with Gasteiger partial charge in [-0.1, -0.05) is 30.3 Å². The molecule has 0 unspecified atom stereocenters. The van der Waals surface area contributed by atoms with Crippen molar-refractivity contribution in [1.82, 2.24) is 0 Å². The second-order valence-electron chi connectivity index (χ2n) is 7.61. The van der Waals surface area contributed by atoms with Crippen LogP contribution in [0, 0.1) is 0 Å². The highest BCUT2D eigenvalue weighted by Gasteiger charge is 2.34. The van der Waals surface area contributed by atoms with E-state index in [1.54, 1.807) is 34.5 Å². The first kappa shape index (κ1) is 20.0. The molecule has 1 aliphatic heterocycles. The Bertz CT molecular complexity index is 1360. The van der Waals surface area contributed by atoms with E-state index in [0.29, 0.717) is 35.1 Å². The Labute approximate surface area is 185 Å². The predicted molar refractivity (Wildman–Crippen MR) is 125 cm³/mol. The topological polar surface area (TPSA) is 57.2 Å². The summed E-state index contributed by atoms with van der Waals surface area (Å²) in [5.74, 6) is 2.25. The van der Waals surface area contributed by atoms with Gasteiger partial charge in [0.25, 0.3) is 5.91 Å². The molecule has 4 aromatic rings. The van der Waals surface area contributed by atoms with Gasteiger partial charge in [0.15, 0.2) is 23.0 Å². The van der Waals surface area contributed by atoms with Crippen LogP contribution in [-0.4, -0.2) is 34.3 Å². The second-order valence-corrected chi connectivity index (χ2v) is 7.61. The molecule has 0 saturated carbocycles. The van der Waals surface area contributed by atoms with Crippen LogP contribution in [-0.2, 0) is 6.54 Å². The van der Waals surface area contributed by atoms with Crippen LogP contribution < -0.4 is 23.8 Å². The third kappa shape index (κ3) is 2.83. The van der Waals surface area contributed by atoms with Gasteiger partial charge >= 0.3 is 0 Å². The minimum Gasteiger partial charge on any atom is -0.493 e. The van der Waals surface area contributed by atoms with Crippen LogP contribution in [0.1, 0.15) is 15.9 Å². The van der Waals surface area contributed by atoms with Gasteiger partial charge in [0.1, 0.15) is 0 Å². The zero-order chi connectivity index (χ0) is 22.4. The number of ether oxygens (including phenoxy) is 4. The predicted octanol–water partition coefficient (Wildman–Crippen LogP) is 5.19. The fraction of sp³-hybridized carbons (Fsp3) is 0.192. The molecule has 0 radical (unpaired) electrons. The van der Waals surface area contributed by atoms with Gasteiger partial charge < -0.3 is 23.8 Å². The Morgan fingerprint density at radius 2 is 1.44 bits per heavy atom. The largest absolute Gasteiger partial charge is 0.493 e. The summed E-state index contributed by atoms with van der Waals surface area (Å²) in [4.78, 5) is 15.4. The summed E-state index contributed by atoms with van der Waals surface area (Å²) in [5.41, 5.74) is 2.48. The third-order valence-corrected chi connectivity index (χ3v) is 5.99. The number of hydrogen-bond acceptors (Lipinski definition) is 5. The number of rotatable bonds is 6. The molecule has 1 aliphatic rings. The van der Waals surface area contributed by atoms with E-state index in [1.165, 1.54) is 0 Å². The number of fused-ring (bicyclic) bond motifs is 2. The molecule has 32 heavy (non-hydrogen) atoms. The van der Waals surface area contributed by atoms with Gasteiger partial charge in [-0.25, -0.2) is 0 Å². The molecule has 0 atom stereocenters. The molecule has 0 saturated heterocycles. The molecular formula is C26H23NO5. The molecule has 6 heteroatoms. The summed E-state index contributed by atoms with van der Waals surface area (Å²) < 4.78 is 22.5. The molecule has 0 bridgehead atoms. The van der Waals surface area contributed by atoms with Crippen LogP contribution in [0.5, 0.6) is 23.0 Å². The molecule has 162 valence electrons. The van der Waals surface area contributed by atoms with Crippen molar-refractivity contribution in [1.29, 1.82) is 0 Å². The molecule has 5 rings (SSSR count). The van der Waals surface area contributed by atoms with Crippen molar-refractivity contribution in [3.8, 4) is 23.0 Å². The summed E-state index contributed by atoms with van der Waals surface area (Å²) in [5, 5.41) is 3.48. The average molecular weight is 429 g/mol. The Morgan fingerprint density at radius 3 is 2.09 bits per heavy atom. The van der Waals surface area contributed by atoms with Crippen LogP contribution in [0.4, 0.5) is 5.69 Å². The molecule has 0 aromatic heterocycles. The Morgan fingerprint density at radius 1 is 0.750 bits per heavy atom. The van der Waals surface area contributed by atoms with Gasteiger partial charge in [-0.05, 0) is 40.6 Å². The zero-order valence-electron chi connectivity index (χ0n) is 18.4. The van der Waals surface area contributed by atoms with Crippen molar-refractivity contribution in [3.63, 3.8) is 0 Å². The summed E-state index contributed by atoms with van der Waals surface area (Å²) in [6, 6.07) is 17.6. The number of amides is 1. The standard InChI is InChI=1S/C26H23NO5/c1-29-20-11-16-10-19-23-18(26(28)27(19)14-15-8-6-5-7-9-15)13-22(31-3)25(32-4)24(23)17(16)12-21(20)30-2/h5-13H,14H2,1-4H3. The lowest BCUT2D eigenvalue weighted by molar-refractivity contribution is 0.0991. The first-order chi connectivity index (χ1) is 15.6. The highest BCUT2D eigenvalue weighted by molar-refractivity contribution is 6.31. The van der Waals surface area contributed by atoms with E-state index in [-0.39, 0.29) is 5.91 Å². The van der Waals surface area contributed by atoms with Crippen LogP contribution >= 0.6 is 0 Å². The lowest BCUT2D eigenvalue weighted by atomic mass is 9.96. The first-order valence-corrected chi connectivity index (χ1v) is 10.2. The van der Waals surface area contributed by atoms with Crippen molar-refractivity contribution < 1.29 is 23.7 Å². The summed E-state index contributed by atoms with van der Waals surface area (Å²) >= 11 is 0. The van der Waals surface area contributed by atoms with E-state index in [9.17, 15) is 4.79 Å². The van der Waals surface area contributed by atoms with Crippen LogP contribution in [0.3, 0.4) is 0 Å².